The van der Waals surface area contributed by atoms with Crippen LogP contribution in [0.3, 0.4) is 0 Å². The summed E-state index contributed by atoms with van der Waals surface area (Å²) in [6.07, 6.45) is 6.14. The van der Waals surface area contributed by atoms with E-state index in [1.54, 1.807) is 23.8 Å². The van der Waals surface area contributed by atoms with Gasteiger partial charge in [-0.05, 0) is 44.9 Å². The Morgan fingerprint density at radius 3 is 2.67 bits per heavy atom. The van der Waals surface area contributed by atoms with Crippen LogP contribution in [0.5, 0.6) is 5.75 Å². The normalized spacial score (nSPS) is 18.3. The number of hydrogen-bond donors (Lipinski definition) is 2. The molecule has 2 saturated heterocycles. The number of carbonyl (C=O) groups is 1. The first kappa shape index (κ1) is 27.8. The highest BCUT2D eigenvalue weighted by Gasteiger charge is 2.38. The molecule has 40 heavy (non-hydrogen) atoms. The van der Waals surface area contributed by atoms with Crippen molar-refractivity contribution in [1.82, 2.24) is 24.8 Å². The highest BCUT2D eigenvalue weighted by Crippen LogP contribution is 2.32. The molecule has 0 unspecified atom stereocenters. The molecule has 5 heterocycles. The van der Waals surface area contributed by atoms with Gasteiger partial charge in [0.25, 0.3) is 0 Å². The quantitative estimate of drug-likeness (QED) is 0.414. The van der Waals surface area contributed by atoms with Gasteiger partial charge in [-0.2, -0.15) is 10.4 Å². The second-order valence-corrected chi connectivity index (χ2v) is 10.6. The van der Waals surface area contributed by atoms with Gasteiger partial charge in [0.05, 0.1) is 61.4 Å². The number of carbonyl (C=O) groups excluding carboxylic acids is 1. The number of ether oxygens (including phenoxy) is 2. The van der Waals surface area contributed by atoms with Gasteiger partial charge in [0.1, 0.15) is 17.6 Å². The van der Waals surface area contributed by atoms with Crippen molar-refractivity contribution < 1.29 is 19.4 Å². The molecule has 11 heteroatoms. The van der Waals surface area contributed by atoms with E-state index in [2.05, 4.69) is 26.3 Å². The number of piperidine rings is 1. The molecule has 1 amide bonds. The first-order valence-electron chi connectivity index (χ1n) is 13.9. The van der Waals surface area contributed by atoms with E-state index >= 15 is 0 Å². The van der Waals surface area contributed by atoms with Gasteiger partial charge in [0.2, 0.25) is 5.91 Å². The number of aliphatic hydroxyl groups excluding tert-OH is 1. The van der Waals surface area contributed by atoms with Crippen LogP contribution >= 0.6 is 0 Å². The lowest BCUT2D eigenvalue weighted by Crippen LogP contribution is -2.62. The molecule has 0 radical (unpaired) electrons. The summed E-state index contributed by atoms with van der Waals surface area (Å²) in [5.74, 6) is 1.42. The van der Waals surface area contributed by atoms with Crippen molar-refractivity contribution in [3.05, 3.63) is 42.4 Å². The number of nitriles is 1. The molecular formula is C29H37N7O4. The van der Waals surface area contributed by atoms with E-state index in [1.165, 1.54) is 0 Å². The molecule has 0 spiro atoms. The first-order valence-corrected chi connectivity index (χ1v) is 13.9. The molecule has 0 bridgehead atoms. The number of rotatable bonds is 9. The van der Waals surface area contributed by atoms with E-state index < -0.39 is 6.10 Å². The number of morpholine rings is 1. The van der Waals surface area contributed by atoms with Crippen molar-refractivity contribution in [2.45, 2.75) is 44.8 Å². The van der Waals surface area contributed by atoms with Crippen LogP contribution in [0.15, 0.2) is 36.8 Å². The summed E-state index contributed by atoms with van der Waals surface area (Å²) in [5.41, 5.74) is 2.56. The molecule has 0 aromatic carbocycles. The molecule has 0 saturated carbocycles. The third-order valence-electron chi connectivity index (χ3n) is 7.64. The molecule has 5 rings (SSSR count). The summed E-state index contributed by atoms with van der Waals surface area (Å²) >= 11 is 0. The fourth-order valence-electron chi connectivity index (χ4n) is 5.67. The van der Waals surface area contributed by atoms with Gasteiger partial charge >= 0.3 is 0 Å². The summed E-state index contributed by atoms with van der Waals surface area (Å²) in [5, 5.41) is 27.0. The fraction of sp³-hybridized carbons (Fsp3) is 0.517. The maximum atomic E-state index is 12.7. The lowest BCUT2D eigenvalue weighted by Gasteiger charge is -2.46. The molecule has 3 aromatic heterocycles. The minimum absolute atomic E-state index is 0.0973. The minimum Gasteiger partial charge on any atom is -0.492 e. The lowest BCUT2D eigenvalue weighted by molar-refractivity contribution is -0.125. The zero-order valence-corrected chi connectivity index (χ0v) is 23.2. The molecule has 1 atom stereocenters. The van der Waals surface area contributed by atoms with Crippen molar-refractivity contribution in [1.29, 1.82) is 5.26 Å². The highest BCUT2D eigenvalue weighted by molar-refractivity contribution is 5.85. The second-order valence-electron chi connectivity index (χ2n) is 10.6. The average Bonchev–Trinajstić information content (AvgIpc) is 3.36. The van der Waals surface area contributed by atoms with Gasteiger partial charge in [-0.3, -0.25) is 9.69 Å². The number of aromatic nitrogens is 3. The van der Waals surface area contributed by atoms with Crippen molar-refractivity contribution in [2.24, 2.45) is 0 Å². The van der Waals surface area contributed by atoms with Crippen LogP contribution < -0.4 is 15.0 Å². The van der Waals surface area contributed by atoms with Gasteiger partial charge in [-0.25, -0.2) is 9.50 Å². The van der Waals surface area contributed by atoms with Crippen LogP contribution in [0.4, 0.5) is 5.82 Å². The Labute approximate surface area is 234 Å². The number of nitrogens with zero attached hydrogens (tertiary/aromatic N) is 6. The smallest absolute Gasteiger partial charge is 0.223 e. The van der Waals surface area contributed by atoms with Crippen LogP contribution in [0, 0.1) is 11.3 Å². The van der Waals surface area contributed by atoms with E-state index in [4.69, 9.17) is 14.5 Å². The Kier molecular flexibility index (Phi) is 8.49. The van der Waals surface area contributed by atoms with Gasteiger partial charge in [0, 0.05) is 50.0 Å². The van der Waals surface area contributed by atoms with Crippen LogP contribution in [0.2, 0.25) is 0 Å². The van der Waals surface area contributed by atoms with Crippen molar-refractivity contribution >= 4 is 17.2 Å². The molecule has 2 N–H and O–H groups in total. The number of amides is 1. The van der Waals surface area contributed by atoms with Gasteiger partial charge in [0.15, 0.2) is 0 Å². The summed E-state index contributed by atoms with van der Waals surface area (Å²) < 4.78 is 12.9. The number of anilines is 1. The highest BCUT2D eigenvalue weighted by atomic mass is 16.5. The SMILES string of the molecule is CCOc1cc(-c2ccc(N3CCC(CN4CCOCC4)(NC(=O)C[C@@H](C)O)CC3)nc2)c2c(C#N)cnn2c1. The van der Waals surface area contributed by atoms with E-state index in [0.717, 1.165) is 68.0 Å². The maximum Gasteiger partial charge on any atom is 0.223 e. The third kappa shape index (κ3) is 6.20. The molecule has 0 aliphatic carbocycles. The molecule has 11 nitrogen and oxygen atoms in total. The van der Waals surface area contributed by atoms with E-state index in [-0.39, 0.29) is 17.9 Å². The average molecular weight is 548 g/mol. The Bertz CT molecular complexity index is 1350. The summed E-state index contributed by atoms with van der Waals surface area (Å²) in [6, 6.07) is 8.17. The first-order chi connectivity index (χ1) is 19.4. The largest absolute Gasteiger partial charge is 0.492 e. The number of hydrogen-bond acceptors (Lipinski definition) is 9. The fourth-order valence-corrected chi connectivity index (χ4v) is 5.67. The van der Waals surface area contributed by atoms with Crippen molar-refractivity contribution in [3.63, 3.8) is 0 Å². The Hall–Kier alpha value is -3.72. The number of pyridine rings is 2. The third-order valence-corrected chi connectivity index (χ3v) is 7.64. The molecule has 2 fully saturated rings. The maximum absolute atomic E-state index is 12.7. The predicted molar refractivity (Wildman–Crippen MR) is 150 cm³/mol. The van der Waals surface area contributed by atoms with Gasteiger partial charge in [-0.1, -0.05) is 0 Å². The summed E-state index contributed by atoms with van der Waals surface area (Å²) in [4.78, 5) is 22.1. The van der Waals surface area contributed by atoms with Crippen molar-refractivity contribution in [2.75, 3.05) is 57.4 Å². The summed E-state index contributed by atoms with van der Waals surface area (Å²) in [7, 11) is 0. The molecule has 3 aromatic rings. The van der Waals surface area contributed by atoms with Crippen LogP contribution in [-0.4, -0.2) is 94.7 Å². The molecule has 2 aliphatic heterocycles. The minimum atomic E-state index is -0.675. The zero-order valence-electron chi connectivity index (χ0n) is 23.2. The van der Waals surface area contributed by atoms with Gasteiger partial charge < -0.3 is 24.8 Å². The van der Waals surface area contributed by atoms with Crippen molar-refractivity contribution in [3.8, 4) is 22.9 Å². The zero-order chi connectivity index (χ0) is 28.1. The van der Waals surface area contributed by atoms with Gasteiger partial charge in [-0.15, -0.1) is 0 Å². The Morgan fingerprint density at radius 2 is 2.02 bits per heavy atom. The van der Waals surface area contributed by atoms with Crippen LogP contribution in [-0.2, 0) is 9.53 Å². The van der Waals surface area contributed by atoms with E-state index in [1.807, 2.05) is 31.3 Å². The van der Waals surface area contributed by atoms with Crippen LogP contribution in [0.1, 0.15) is 38.7 Å². The summed E-state index contributed by atoms with van der Waals surface area (Å²) in [6.45, 7) is 9.45. The molecule has 2 aliphatic rings. The Morgan fingerprint density at radius 1 is 1.25 bits per heavy atom. The molecular weight excluding hydrogens is 510 g/mol. The molecule has 212 valence electrons. The number of aliphatic hydroxyl groups is 1. The standard InChI is InChI=1S/C29H37N7O4/c1-3-40-24-15-25(28-23(16-30)18-32-36(28)19-24)22-4-5-26(31-17-22)35-8-6-29(7-9-35,33-27(38)14-21(2)37)20-34-10-12-39-13-11-34/h4-5,15,17-19,21,37H,3,6-14,20H2,1-2H3,(H,33,38)/t21-/m1/s1. The van der Waals surface area contributed by atoms with E-state index in [0.29, 0.717) is 31.1 Å². The van der Waals surface area contributed by atoms with E-state index in [9.17, 15) is 15.2 Å². The monoisotopic (exact) mass is 547 g/mol. The topological polar surface area (TPSA) is 128 Å². The lowest BCUT2D eigenvalue weighted by atomic mass is 9.86. The number of fused-ring (bicyclic) bond motifs is 1. The number of nitrogens with one attached hydrogen (secondary N) is 1. The Balaban J connectivity index is 1.33. The van der Waals surface area contributed by atoms with Crippen LogP contribution in [0.25, 0.3) is 16.6 Å². The predicted octanol–water partition coefficient (Wildman–Crippen LogP) is 2.22. The second kappa shape index (κ2) is 12.2.